The molecular weight excluding hydrogens is 316 g/mol. The van der Waals surface area contributed by atoms with E-state index >= 15 is 0 Å². The first kappa shape index (κ1) is 16.0. The van der Waals surface area contributed by atoms with E-state index in [0.29, 0.717) is 5.92 Å². The van der Waals surface area contributed by atoms with E-state index in [4.69, 9.17) is 0 Å². The number of anilines is 1. The summed E-state index contributed by atoms with van der Waals surface area (Å²) in [4.78, 5) is 19.3. The molecule has 1 aliphatic heterocycles. The number of piperazine rings is 1. The molecule has 6 nitrogen and oxygen atoms in total. The third-order valence-electron chi connectivity index (χ3n) is 5.38. The molecule has 1 saturated heterocycles. The minimum atomic E-state index is -0.409. The smallest absolute Gasteiger partial charge is 0.287 e. The van der Waals surface area contributed by atoms with Crippen LogP contribution in [0.1, 0.15) is 23.5 Å². The standard InChI is InChI=1S/C19H22N4O2/c24-23(25)17-7-8-19(20-13-17)22-11-9-21(10-12-22)14-16-6-5-15-3-1-2-4-18(15)16/h1-4,7-8,13,16H,5-6,9-12,14H2. The molecule has 1 fully saturated rings. The van der Waals surface area contributed by atoms with Crippen molar-refractivity contribution in [2.24, 2.45) is 0 Å². The molecule has 2 aliphatic rings. The minimum Gasteiger partial charge on any atom is -0.354 e. The maximum Gasteiger partial charge on any atom is 0.287 e. The molecule has 6 heteroatoms. The van der Waals surface area contributed by atoms with E-state index in [1.54, 1.807) is 6.07 Å². The van der Waals surface area contributed by atoms with Gasteiger partial charge in [0.15, 0.2) is 0 Å². The van der Waals surface area contributed by atoms with E-state index in [1.165, 1.54) is 36.2 Å². The number of hydrogen-bond donors (Lipinski definition) is 0. The Bertz CT molecular complexity index is 754. The van der Waals surface area contributed by atoms with Crippen molar-refractivity contribution in [1.29, 1.82) is 0 Å². The summed E-state index contributed by atoms with van der Waals surface area (Å²) in [5.41, 5.74) is 3.09. The Labute approximate surface area is 147 Å². The van der Waals surface area contributed by atoms with Gasteiger partial charge in [0.1, 0.15) is 12.0 Å². The number of nitrogens with zero attached hydrogens (tertiary/aromatic N) is 4. The summed E-state index contributed by atoms with van der Waals surface area (Å²) in [7, 11) is 0. The Morgan fingerprint density at radius 1 is 1.12 bits per heavy atom. The molecule has 0 N–H and O–H groups in total. The van der Waals surface area contributed by atoms with Crippen molar-refractivity contribution in [3.8, 4) is 0 Å². The maximum absolute atomic E-state index is 10.7. The van der Waals surface area contributed by atoms with Gasteiger partial charge < -0.3 is 4.90 Å². The molecule has 0 spiro atoms. The van der Waals surface area contributed by atoms with E-state index in [-0.39, 0.29) is 5.69 Å². The van der Waals surface area contributed by atoms with Crippen molar-refractivity contribution in [3.63, 3.8) is 0 Å². The predicted molar refractivity (Wildman–Crippen MR) is 97.0 cm³/mol. The van der Waals surface area contributed by atoms with Crippen LogP contribution < -0.4 is 4.90 Å². The van der Waals surface area contributed by atoms with E-state index in [1.807, 2.05) is 0 Å². The van der Waals surface area contributed by atoms with Crippen molar-refractivity contribution >= 4 is 11.5 Å². The van der Waals surface area contributed by atoms with E-state index < -0.39 is 4.92 Å². The molecule has 2 aromatic rings. The van der Waals surface area contributed by atoms with Crippen LogP contribution in [-0.4, -0.2) is 47.5 Å². The van der Waals surface area contributed by atoms with Gasteiger partial charge in [0.2, 0.25) is 0 Å². The molecule has 25 heavy (non-hydrogen) atoms. The van der Waals surface area contributed by atoms with Gasteiger partial charge >= 0.3 is 0 Å². The van der Waals surface area contributed by atoms with Gasteiger partial charge in [-0.1, -0.05) is 24.3 Å². The summed E-state index contributed by atoms with van der Waals surface area (Å²) in [6, 6.07) is 12.1. The van der Waals surface area contributed by atoms with Gasteiger partial charge in [0, 0.05) is 38.8 Å². The van der Waals surface area contributed by atoms with Gasteiger partial charge in [-0.15, -0.1) is 0 Å². The first-order chi connectivity index (χ1) is 12.2. The molecule has 0 amide bonds. The van der Waals surface area contributed by atoms with Crippen molar-refractivity contribution < 1.29 is 4.92 Å². The topological polar surface area (TPSA) is 62.5 Å². The van der Waals surface area contributed by atoms with Crippen LogP contribution in [0.4, 0.5) is 11.5 Å². The maximum atomic E-state index is 10.7. The number of rotatable bonds is 4. The molecule has 0 radical (unpaired) electrons. The lowest BCUT2D eigenvalue weighted by molar-refractivity contribution is -0.385. The second-order valence-corrected chi connectivity index (χ2v) is 6.85. The fraction of sp³-hybridized carbons (Fsp3) is 0.421. The SMILES string of the molecule is O=[N+]([O-])c1ccc(N2CCN(CC3CCc4ccccc43)CC2)nc1. The Morgan fingerprint density at radius 2 is 1.92 bits per heavy atom. The molecule has 1 aliphatic carbocycles. The van der Waals surface area contributed by atoms with E-state index in [9.17, 15) is 10.1 Å². The van der Waals surface area contributed by atoms with Gasteiger partial charge in [0.25, 0.3) is 5.69 Å². The summed E-state index contributed by atoms with van der Waals surface area (Å²) in [6.07, 6.45) is 3.80. The molecule has 0 bridgehead atoms. The van der Waals surface area contributed by atoms with Crippen LogP contribution in [0, 0.1) is 10.1 Å². The lowest BCUT2D eigenvalue weighted by Crippen LogP contribution is -2.47. The van der Waals surface area contributed by atoms with Crippen LogP contribution in [-0.2, 0) is 6.42 Å². The highest BCUT2D eigenvalue weighted by Crippen LogP contribution is 2.33. The number of aryl methyl sites for hydroxylation is 1. The molecule has 130 valence electrons. The molecule has 4 rings (SSSR count). The first-order valence-corrected chi connectivity index (χ1v) is 8.86. The first-order valence-electron chi connectivity index (χ1n) is 8.86. The van der Waals surface area contributed by atoms with Gasteiger partial charge in [-0.25, -0.2) is 4.98 Å². The van der Waals surface area contributed by atoms with Crippen molar-refractivity contribution in [2.45, 2.75) is 18.8 Å². The average molecular weight is 338 g/mol. The molecule has 1 atom stereocenters. The minimum absolute atomic E-state index is 0.0438. The second-order valence-electron chi connectivity index (χ2n) is 6.85. The summed E-state index contributed by atoms with van der Waals surface area (Å²) in [6.45, 7) is 4.98. The average Bonchev–Trinajstić information content (AvgIpc) is 3.06. The van der Waals surface area contributed by atoms with Crippen LogP contribution in [0.3, 0.4) is 0 Å². The number of pyridine rings is 1. The fourth-order valence-corrected chi connectivity index (χ4v) is 3.98. The lowest BCUT2D eigenvalue weighted by Gasteiger charge is -2.36. The molecule has 1 aromatic heterocycles. The van der Waals surface area contributed by atoms with Gasteiger partial charge in [-0.05, 0) is 36.0 Å². The van der Waals surface area contributed by atoms with Crippen LogP contribution in [0.2, 0.25) is 0 Å². The normalized spacial score (nSPS) is 20.5. The van der Waals surface area contributed by atoms with Crippen LogP contribution in [0.25, 0.3) is 0 Å². The zero-order chi connectivity index (χ0) is 17.2. The summed E-state index contributed by atoms with van der Waals surface area (Å²) >= 11 is 0. The highest BCUT2D eigenvalue weighted by atomic mass is 16.6. The number of benzene rings is 1. The lowest BCUT2D eigenvalue weighted by atomic mass is 10.0. The Hall–Kier alpha value is -2.47. The van der Waals surface area contributed by atoms with Crippen molar-refractivity contribution in [3.05, 3.63) is 63.8 Å². The number of fused-ring (bicyclic) bond motifs is 1. The summed E-state index contributed by atoms with van der Waals surface area (Å²) in [5, 5.41) is 10.7. The van der Waals surface area contributed by atoms with Crippen LogP contribution in [0.15, 0.2) is 42.6 Å². The zero-order valence-corrected chi connectivity index (χ0v) is 14.2. The summed E-state index contributed by atoms with van der Waals surface area (Å²) in [5.74, 6) is 1.48. The van der Waals surface area contributed by atoms with Crippen LogP contribution >= 0.6 is 0 Å². The van der Waals surface area contributed by atoms with Crippen LogP contribution in [0.5, 0.6) is 0 Å². The molecule has 1 unspecified atom stereocenters. The highest BCUT2D eigenvalue weighted by molar-refractivity contribution is 5.43. The van der Waals surface area contributed by atoms with Crippen molar-refractivity contribution in [2.75, 3.05) is 37.6 Å². The summed E-state index contributed by atoms with van der Waals surface area (Å²) < 4.78 is 0. The third kappa shape index (κ3) is 3.35. The number of nitro groups is 1. The fourth-order valence-electron chi connectivity index (χ4n) is 3.98. The van der Waals surface area contributed by atoms with E-state index in [2.05, 4.69) is 39.0 Å². The molecule has 1 aromatic carbocycles. The van der Waals surface area contributed by atoms with Crippen molar-refractivity contribution in [1.82, 2.24) is 9.88 Å². The van der Waals surface area contributed by atoms with Gasteiger partial charge in [-0.2, -0.15) is 0 Å². The Morgan fingerprint density at radius 3 is 2.64 bits per heavy atom. The number of hydrogen-bond acceptors (Lipinski definition) is 5. The van der Waals surface area contributed by atoms with Gasteiger partial charge in [-0.3, -0.25) is 15.0 Å². The molecule has 0 saturated carbocycles. The molecule has 2 heterocycles. The second kappa shape index (κ2) is 6.80. The predicted octanol–water partition coefficient (Wildman–Crippen LogP) is 2.84. The number of aromatic nitrogens is 1. The Balaban J connectivity index is 1.34. The monoisotopic (exact) mass is 338 g/mol. The van der Waals surface area contributed by atoms with E-state index in [0.717, 1.165) is 38.5 Å². The van der Waals surface area contributed by atoms with Gasteiger partial charge in [0.05, 0.1) is 4.92 Å². The zero-order valence-electron chi connectivity index (χ0n) is 14.2. The quantitative estimate of drug-likeness (QED) is 0.634. The highest BCUT2D eigenvalue weighted by Gasteiger charge is 2.26. The molecular formula is C19H22N4O2. The largest absolute Gasteiger partial charge is 0.354 e. The Kier molecular flexibility index (Phi) is 4.36. The third-order valence-corrected chi connectivity index (χ3v) is 5.38.